The third kappa shape index (κ3) is 2.39. The van der Waals surface area contributed by atoms with E-state index in [-0.39, 0.29) is 0 Å². The minimum Gasteiger partial charge on any atom is -0.400 e. The molecule has 68 valence electrons. The van der Waals surface area contributed by atoms with Gasteiger partial charge in [-0.3, -0.25) is 0 Å². The summed E-state index contributed by atoms with van der Waals surface area (Å²) >= 11 is 5.10. The van der Waals surface area contributed by atoms with Crippen molar-refractivity contribution in [2.75, 3.05) is 7.11 Å². The third-order valence-corrected chi connectivity index (χ3v) is 1.28. The molecule has 0 bridgehead atoms. The quantitative estimate of drug-likeness (QED) is 0.501. The van der Waals surface area contributed by atoms with Crippen LogP contribution in [0.2, 0.25) is 5.02 Å². The number of hydrogen-bond donors (Lipinski definition) is 1. The third-order valence-electron chi connectivity index (χ3n) is 0.988. The average molecular weight is 199 g/mol. The van der Waals surface area contributed by atoms with E-state index >= 15 is 0 Å². The molecule has 0 saturated carbocycles. The molecule has 0 radical (unpaired) electrons. The van der Waals surface area contributed by atoms with E-state index in [0.717, 1.165) is 19.2 Å². The van der Waals surface area contributed by atoms with Crippen molar-refractivity contribution in [2.45, 2.75) is 0 Å². The lowest BCUT2D eigenvalue weighted by Gasteiger charge is -1.94. The molecule has 0 aromatic heterocycles. The Labute approximate surface area is 72.4 Å². The zero-order valence-corrected chi connectivity index (χ0v) is 6.87. The smallest absolute Gasteiger partial charge is 0.195 e. The molecule has 0 saturated heterocycles. The molecule has 0 unspecified atom stereocenters. The fourth-order valence-electron chi connectivity index (χ4n) is 0.502. The first-order chi connectivity index (χ1) is 5.63. The molecule has 5 heteroatoms. The number of rotatable bonds is 0. The van der Waals surface area contributed by atoms with Gasteiger partial charge in [0.25, 0.3) is 0 Å². The van der Waals surface area contributed by atoms with Crippen LogP contribution >= 0.6 is 11.6 Å². The van der Waals surface area contributed by atoms with Crippen molar-refractivity contribution in [2.24, 2.45) is 0 Å². The highest BCUT2D eigenvalue weighted by atomic mass is 35.5. The molecule has 1 aromatic rings. The van der Waals surface area contributed by atoms with Crippen molar-refractivity contribution in [3.05, 3.63) is 34.6 Å². The van der Waals surface area contributed by atoms with Crippen LogP contribution in [0.3, 0.4) is 0 Å². The van der Waals surface area contributed by atoms with Crippen molar-refractivity contribution >= 4 is 11.6 Å². The van der Waals surface area contributed by atoms with E-state index < -0.39 is 22.5 Å². The molecule has 0 fully saturated rings. The van der Waals surface area contributed by atoms with Crippen LogP contribution in [-0.4, -0.2) is 12.2 Å². The average Bonchev–Trinajstić information content (AvgIpc) is 2.12. The van der Waals surface area contributed by atoms with Crippen molar-refractivity contribution in [1.29, 1.82) is 0 Å². The van der Waals surface area contributed by atoms with E-state index in [2.05, 4.69) is 0 Å². The number of hydrogen-bond acceptors (Lipinski definition) is 1. The Balaban J connectivity index is 0.000000561. The summed E-state index contributed by atoms with van der Waals surface area (Å²) in [5, 5.41) is 6.58. The Kier molecular flexibility index (Phi) is 4.70. The van der Waals surface area contributed by atoms with Crippen LogP contribution in [-0.2, 0) is 0 Å². The van der Waals surface area contributed by atoms with Gasteiger partial charge >= 0.3 is 0 Å². The van der Waals surface area contributed by atoms with E-state index in [1.165, 1.54) is 0 Å². The first-order valence-electron chi connectivity index (χ1n) is 2.86. The molecule has 0 amide bonds. The molecule has 1 nitrogen and oxygen atoms in total. The van der Waals surface area contributed by atoms with E-state index in [1.54, 1.807) is 0 Å². The predicted octanol–water partition coefficient (Wildman–Crippen LogP) is 2.37. The lowest BCUT2D eigenvalue weighted by atomic mass is 10.3. The largest absolute Gasteiger partial charge is 0.400 e. The Hall–Kier alpha value is -0.740. The van der Waals surface area contributed by atoms with E-state index in [4.69, 9.17) is 16.7 Å². The van der Waals surface area contributed by atoms with Gasteiger partial charge < -0.3 is 5.11 Å². The lowest BCUT2D eigenvalue weighted by molar-refractivity contribution is 0.399. The zero-order valence-electron chi connectivity index (χ0n) is 6.11. The predicted molar refractivity (Wildman–Crippen MR) is 39.5 cm³/mol. The van der Waals surface area contributed by atoms with Gasteiger partial charge in [0.2, 0.25) is 0 Å². The van der Waals surface area contributed by atoms with E-state index in [1.807, 2.05) is 0 Å². The van der Waals surface area contributed by atoms with Gasteiger partial charge in [-0.1, -0.05) is 11.6 Å². The molecule has 0 heterocycles. The molecule has 0 spiro atoms. The maximum atomic E-state index is 12.2. The highest BCUT2D eigenvalue weighted by Crippen LogP contribution is 2.18. The zero-order chi connectivity index (χ0) is 9.72. The van der Waals surface area contributed by atoms with Gasteiger partial charge in [-0.05, 0) is 12.1 Å². The van der Waals surface area contributed by atoms with Gasteiger partial charge in [0, 0.05) is 7.11 Å². The van der Waals surface area contributed by atoms with Crippen LogP contribution in [0.25, 0.3) is 0 Å². The molecule has 1 rings (SSSR count). The summed E-state index contributed by atoms with van der Waals surface area (Å²) in [6, 6.07) is 1.72. The maximum Gasteiger partial charge on any atom is 0.195 e. The summed E-state index contributed by atoms with van der Waals surface area (Å²) in [6.07, 6.45) is 0. The molecule has 1 aromatic carbocycles. The van der Waals surface area contributed by atoms with E-state index in [0.29, 0.717) is 0 Å². The van der Waals surface area contributed by atoms with Crippen LogP contribution in [0, 0.1) is 17.5 Å². The Morgan fingerprint density at radius 2 is 1.58 bits per heavy atom. The molecule has 0 aliphatic rings. The van der Waals surface area contributed by atoms with Crippen molar-refractivity contribution < 1.29 is 18.3 Å². The number of halogens is 4. The summed E-state index contributed by atoms with van der Waals surface area (Å²) < 4.78 is 36.5. The Morgan fingerprint density at radius 3 is 2.00 bits per heavy atom. The molecule has 1 N–H and O–H groups in total. The summed E-state index contributed by atoms with van der Waals surface area (Å²) in [4.78, 5) is 0. The highest BCUT2D eigenvalue weighted by Gasteiger charge is 2.10. The normalized spacial score (nSPS) is 8.83. The van der Waals surface area contributed by atoms with Crippen LogP contribution in [0.15, 0.2) is 12.1 Å². The second-order valence-corrected chi connectivity index (χ2v) is 2.06. The summed E-state index contributed by atoms with van der Waals surface area (Å²) in [6.45, 7) is 0. The number of aliphatic hydroxyl groups is 1. The van der Waals surface area contributed by atoms with Crippen LogP contribution in [0.1, 0.15) is 0 Å². The summed E-state index contributed by atoms with van der Waals surface area (Å²) in [7, 11) is 1.00. The van der Waals surface area contributed by atoms with Gasteiger partial charge in [-0.25, -0.2) is 13.2 Å². The van der Waals surface area contributed by atoms with Crippen molar-refractivity contribution in [3.8, 4) is 0 Å². The van der Waals surface area contributed by atoms with Crippen molar-refractivity contribution in [1.82, 2.24) is 0 Å². The van der Waals surface area contributed by atoms with Gasteiger partial charge in [-0.15, -0.1) is 0 Å². The minimum absolute atomic E-state index is 0.418. The molecular weight excluding hydrogens is 193 g/mol. The molecular formula is C7H6ClF3O. The SMILES string of the molecule is CO.Fc1ccc(Cl)c(F)c1F. The van der Waals surface area contributed by atoms with Crippen molar-refractivity contribution in [3.63, 3.8) is 0 Å². The second-order valence-electron chi connectivity index (χ2n) is 1.66. The Bertz CT molecular complexity index is 238. The summed E-state index contributed by atoms with van der Waals surface area (Å²) in [5.41, 5.74) is 0. The number of aliphatic hydroxyl groups excluding tert-OH is 1. The fraction of sp³-hybridized carbons (Fsp3) is 0.143. The van der Waals surface area contributed by atoms with Gasteiger partial charge in [-0.2, -0.15) is 0 Å². The second kappa shape index (κ2) is 5.00. The standard InChI is InChI=1S/C6H2ClF3.CH4O/c7-3-1-2-4(8)6(10)5(3)9;1-2/h1-2H;2H,1H3. The van der Waals surface area contributed by atoms with Gasteiger partial charge in [0.05, 0.1) is 5.02 Å². The Morgan fingerprint density at radius 1 is 1.08 bits per heavy atom. The van der Waals surface area contributed by atoms with Crippen LogP contribution in [0.5, 0.6) is 0 Å². The molecule has 0 aliphatic carbocycles. The topological polar surface area (TPSA) is 20.2 Å². The fourth-order valence-corrected chi connectivity index (χ4v) is 0.648. The van der Waals surface area contributed by atoms with Gasteiger partial charge in [0.15, 0.2) is 17.5 Å². The molecule has 0 aliphatic heterocycles. The lowest BCUT2D eigenvalue weighted by Crippen LogP contribution is -1.89. The highest BCUT2D eigenvalue weighted by molar-refractivity contribution is 6.30. The first kappa shape index (κ1) is 11.3. The van der Waals surface area contributed by atoms with E-state index in [9.17, 15) is 13.2 Å². The maximum absolute atomic E-state index is 12.2. The first-order valence-corrected chi connectivity index (χ1v) is 3.24. The number of benzene rings is 1. The monoisotopic (exact) mass is 198 g/mol. The summed E-state index contributed by atoms with van der Waals surface area (Å²) in [5.74, 6) is -4.11. The van der Waals surface area contributed by atoms with Gasteiger partial charge in [0.1, 0.15) is 0 Å². The molecule has 0 atom stereocenters. The van der Waals surface area contributed by atoms with Crippen LogP contribution < -0.4 is 0 Å². The minimum atomic E-state index is -1.53. The molecule has 12 heavy (non-hydrogen) atoms. The van der Waals surface area contributed by atoms with Crippen LogP contribution in [0.4, 0.5) is 13.2 Å².